The van der Waals surface area contributed by atoms with Crippen LogP contribution in [0.25, 0.3) is 0 Å². The largest absolute Gasteiger partial charge is 0.352 e. The third kappa shape index (κ3) is 7.96. The Labute approximate surface area is 220 Å². The van der Waals surface area contributed by atoms with Crippen LogP contribution in [0.1, 0.15) is 59.1 Å². The molecule has 0 fully saturated rings. The molecule has 7 nitrogen and oxygen atoms in total. The Bertz CT molecular complexity index is 1160. The second-order valence-electron chi connectivity index (χ2n) is 10.2. The van der Waals surface area contributed by atoms with Gasteiger partial charge < -0.3 is 10.2 Å². The molecule has 0 unspecified atom stereocenters. The number of anilines is 1. The van der Waals surface area contributed by atoms with Gasteiger partial charge in [0.25, 0.3) is 0 Å². The van der Waals surface area contributed by atoms with Gasteiger partial charge in [0.05, 0.1) is 11.9 Å². The lowest BCUT2D eigenvalue weighted by Crippen LogP contribution is -2.52. The molecule has 36 heavy (non-hydrogen) atoms. The highest BCUT2D eigenvalue weighted by Crippen LogP contribution is 2.26. The van der Waals surface area contributed by atoms with Gasteiger partial charge in [0, 0.05) is 17.6 Å². The molecule has 0 heterocycles. The van der Waals surface area contributed by atoms with Crippen LogP contribution in [0.15, 0.2) is 48.5 Å². The molecule has 0 aliphatic rings. The average Bonchev–Trinajstić information content (AvgIpc) is 2.80. The van der Waals surface area contributed by atoms with Crippen LogP contribution in [0.2, 0.25) is 5.02 Å². The molecule has 2 rings (SSSR count). The van der Waals surface area contributed by atoms with Crippen molar-refractivity contribution in [3.05, 3.63) is 64.7 Å². The fourth-order valence-corrected chi connectivity index (χ4v) is 4.64. The summed E-state index contributed by atoms with van der Waals surface area (Å²) in [4.78, 5) is 27.9. The van der Waals surface area contributed by atoms with E-state index in [9.17, 15) is 18.0 Å². The van der Waals surface area contributed by atoms with Gasteiger partial charge in [-0.05, 0) is 55.0 Å². The Morgan fingerprint density at radius 2 is 1.61 bits per heavy atom. The zero-order chi connectivity index (χ0) is 27.3. The fraction of sp³-hybridized carbons (Fsp3) is 0.481. The summed E-state index contributed by atoms with van der Waals surface area (Å²) in [7, 11) is -3.79. The van der Waals surface area contributed by atoms with Gasteiger partial charge in [0.15, 0.2) is 0 Å². The number of rotatable bonds is 10. The lowest BCUT2D eigenvalue weighted by molar-refractivity contribution is -0.139. The van der Waals surface area contributed by atoms with Crippen LogP contribution in [0.4, 0.5) is 5.69 Å². The van der Waals surface area contributed by atoms with Crippen LogP contribution in [0, 0.1) is 0 Å². The second-order valence-corrected chi connectivity index (χ2v) is 12.5. The Morgan fingerprint density at radius 3 is 2.11 bits per heavy atom. The summed E-state index contributed by atoms with van der Waals surface area (Å²) in [6, 6.07) is 13.3. The summed E-state index contributed by atoms with van der Waals surface area (Å²) < 4.78 is 26.5. The quantitative estimate of drug-likeness (QED) is 0.476. The van der Waals surface area contributed by atoms with Gasteiger partial charge in [0.1, 0.15) is 12.6 Å². The number of hydrogen-bond donors (Lipinski definition) is 1. The van der Waals surface area contributed by atoms with Crippen LogP contribution < -0.4 is 9.62 Å². The van der Waals surface area contributed by atoms with Gasteiger partial charge in [-0.15, -0.1) is 0 Å². The molecular formula is C27H38ClN3O4S. The maximum absolute atomic E-state index is 13.6. The molecule has 2 aromatic rings. The first-order valence-electron chi connectivity index (χ1n) is 12.1. The Kier molecular flexibility index (Phi) is 9.97. The van der Waals surface area contributed by atoms with Crippen molar-refractivity contribution in [1.29, 1.82) is 0 Å². The zero-order valence-corrected chi connectivity index (χ0v) is 23.8. The summed E-state index contributed by atoms with van der Waals surface area (Å²) >= 11 is 6.34. The number of nitrogens with zero attached hydrogens (tertiary/aromatic N) is 2. The molecule has 0 saturated carbocycles. The molecular weight excluding hydrogens is 498 g/mol. The predicted molar refractivity (Wildman–Crippen MR) is 147 cm³/mol. The highest BCUT2D eigenvalue weighted by Gasteiger charge is 2.31. The van der Waals surface area contributed by atoms with Crippen LogP contribution in [-0.2, 0) is 31.6 Å². The Morgan fingerprint density at radius 1 is 1.03 bits per heavy atom. The second kappa shape index (κ2) is 12.1. The average molecular weight is 536 g/mol. The minimum absolute atomic E-state index is 0.0637. The van der Waals surface area contributed by atoms with E-state index < -0.39 is 28.5 Å². The van der Waals surface area contributed by atoms with Crippen molar-refractivity contribution in [2.45, 2.75) is 72.0 Å². The van der Waals surface area contributed by atoms with Gasteiger partial charge in [-0.1, -0.05) is 69.6 Å². The third-order valence-electron chi connectivity index (χ3n) is 6.17. The van der Waals surface area contributed by atoms with Gasteiger partial charge in [-0.3, -0.25) is 13.9 Å². The summed E-state index contributed by atoms with van der Waals surface area (Å²) in [6.07, 6.45) is 1.80. The Hall–Kier alpha value is -2.58. The van der Waals surface area contributed by atoms with Gasteiger partial charge in [-0.2, -0.15) is 0 Å². The van der Waals surface area contributed by atoms with Gasteiger partial charge >= 0.3 is 0 Å². The van der Waals surface area contributed by atoms with Crippen molar-refractivity contribution < 1.29 is 18.0 Å². The van der Waals surface area contributed by atoms with E-state index in [1.807, 2.05) is 26.0 Å². The van der Waals surface area contributed by atoms with E-state index in [2.05, 4.69) is 26.1 Å². The van der Waals surface area contributed by atoms with Crippen LogP contribution >= 0.6 is 11.6 Å². The molecule has 2 amide bonds. The lowest BCUT2D eigenvalue weighted by Gasteiger charge is -2.32. The smallest absolute Gasteiger partial charge is 0.244 e. The van der Waals surface area contributed by atoms with Crippen molar-refractivity contribution in [3.8, 4) is 0 Å². The normalized spacial score (nSPS) is 13.6. The zero-order valence-electron chi connectivity index (χ0n) is 22.2. The predicted octanol–water partition coefficient (Wildman–Crippen LogP) is 4.74. The molecule has 198 valence electrons. The standard InChI is InChI=1S/C27H38ClN3O4S/c1-8-19(2)29-26(33)20(3)30(17-21-11-9-10-12-24(21)28)25(32)18-31(36(7,34)35)23-15-13-22(14-16-23)27(4,5)6/h9-16,19-20H,8,17-18H2,1-7H3,(H,29,33)/t19-,20-/m0/s1. The molecule has 0 aromatic heterocycles. The number of amides is 2. The number of carbonyl (C=O) groups is 2. The Balaban J connectivity index is 2.41. The maximum Gasteiger partial charge on any atom is 0.244 e. The first kappa shape index (κ1) is 29.6. The van der Waals surface area contributed by atoms with Crippen LogP contribution in [0.3, 0.4) is 0 Å². The minimum Gasteiger partial charge on any atom is -0.352 e. The maximum atomic E-state index is 13.6. The van der Waals surface area contributed by atoms with Crippen molar-refractivity contribution >= 4 is 39.1 Å². The van der Waals surface area contributed by atoms with E-state index in [0.29, 0.717) is 16.3 Å². The van der Waals surface area contributed by atoms with Crippen molar-refractivity contribution in [2.75, 3.05) is 17.1 Å². The molecule has 0 aliphatic heterocycles. The number of sulfonamides is 1. The molecule has 0 aliphatic carbocycles. The summed E-state index contributed by atoms with van der Waals surface area (Å²) in [5.41, 5.74) is 1.99. The molecule has 1 N–H and O–H groups in total. The first-order valence-corrected chi connectivity index (χ1v) is 14.3. The number of hydrogen-bond acceptors (Lipinski definition) is 4. The molecule has 9 heteroatoms. The monoisotopic (exact) mass is 535 g/mol. The summed E-state index contributed by atoms with van der Waals surface area (Å²) in [5, 5.41) is 3.36. The highest BCUT2D eigenvalue weighted by molar-refractivity contribution is 7.92. The number of carbonyl (C=O) groups excluding carboxylic acids is 2. The van der Waals surface area contributed by atoms with Crippen LogP contribution in [-0.4, -0.2) is 50.0 Å². The summed E-state index contributed by atoms with van der Waals surface area (Å²) in [5.74, 6) is -0.822. The van der Waals surface area contributed by atoms with E-state index in [4.69, 9.17) is 11.6 Å². The molecule has 2 aromatic carbocycles. The van der Waals surface area contributed by atoms with Crippen LogP contribution in [0.5, 0.6) is 0 Å². The summed E-state index contributed by atoms with van der Waals surface area (Å²) in [6.45, 7) is 11.3. The topological polar surface area (TPSA) is 86.8 Å². The third-order valence-corrected chi connectivity index (χ3v) is 7.68. The molecule has 0 saturated heterocycles. The highest BCUT2D eigenvalue weighted by atomic mass is 35.5. The van der Waals surface area contributed by atoms with Crippen molar-refractivity contribution in [3.63, 3.8) is 0 Å². The number of nitrogens with one attached hydrogen (secondary N) is 1. The lowest BCUT2D eigenvalue weighted by atomic mass is 9.87. The van der Waals surface area contributed by atoms with E-state index in [1.54, 1.807) is 43.3 Å². The number of benzene rings is 2. The van der Waals surface area contributed by atoms with Crippen molar-refractivity contribution in [2.24, 2.45) is 0 Å². The minimum atomic E-state index is -3.79. The molecule has 2 atom stereocenters. The molecule has 0 radical (unpaired) electrons. The fourth-order valence-electron chi connectivity index (χ4n) is 3.60. The first-order chi connectivity index (χ1) is 16.6. The van der Waals surface area contributed by atoms with Crippen molar-refractivity contribution in [1.82, 2.24) is 10.2 Å². The molecule has 0 bridgehead atoms. The molecule has 0 spiro atoms. The van der Waals surface area contributed by atoms with Gasteiger partial charge in [0.2, 0.25) is 21.8 Å². The number of halogens is 1. The van der Waals surface area contributed by atoms with E-state index in [-0.39, 0.29) is 23.9 Å². The van der Waals surface area contributed by atoms with Gasteiger partial charge in [-0.25, -0.2) is 8.42 Å². The SMILES string of the molecule is CC[C@H](C)NC(=O)[C@H](C)N(Cc1ccccc1Cl)C(=O)CN(c1ccc(C(C)(C)C)cc1)S(C)(=O)=O. The van der Waals surface area contributed by atoms with E-state index in [1.165, 1.54) is 4.90 Å². The van der Waals surface area contributed by atoms with E-state index in [0.717, 1.165) is 22.5 Å². The van der Waals surface area contributed by atoms with E-state index >= 15 is 0 Å².